The number of carboxylic acid groups (broad SMARTS) is 3. The standard InChI is InChI=1S/C27H26O4S.C25H24O3S.C3H4O4/c1-27(20-9-11-21(30-2)12-10-20)17-32-24-16-22(31-3)13-14-23(24)26(27)19-7-4-18(5-8-19)6-15-25(28)29;1-25(19-8-10-20(27-2)11-9-19)16-29-23-14-21(28-3)12-13-22(23)24(25)18-6-4-17(15-26)5-7-18;4-2(5)1-3(6)7/h4-16,26H,17H2,1-3H3,(H,28,29);4-15,24H,16H2,1-3H3;1H2,(H,4,5)(H,6,7)/b15-6+;;/t26-,27-;24-,25-;/m11./s1. The van der Waals surface area contributed by atoms with Gasteiger partial charge in [-0.3, -0.25) is 14.4 Å². The molecule has 0 spiro atoms. The maximum absolute atomic E-state index is 11.1. The first-order valence-electron chi connectivity index (χ1n) is 21.6. The molecule has 0 unspecified atom stereocenters. The monoisotopic (exact) mass is 954 g/mol. The number of aldehydes is 1. The Labute approximate surface area is 405 Å². The van der Waals surface area contributed by atoms with Crippen molar-refractivity contribution in [3.8, 4) is 23.0 Å². The fourth-order valence-electron chi connectivity index (χ4n) is 8.72. The molecule has 0 amide bonds. The van der Waals surface area contributed by atoms with E-state index >= 15 is 0 Å². The molecule has 68 heavy (non-hydrogen) atoms. The number of carboxylic acids is 3. The van der Waals surface area contributed by atoms with E-state index in [1.165, 1.54) is 43.2 Å². The molecule has 3 N–H and O–H groups in total. The van der Waals surface area contributed by atoms with Gasteiger partial charge in [-0.2, -0.15) is 0 Å². The minimum Gasteiger partial charge on any atom is -0.497 e. The molecular weight excluding hydrogens is 901 g/mol. The number of carbonyl (C=O) groups is 4. The lowest BCUT2D eigenvalue weighted by Crippen LogP contribution is -2.36. The van der Waals surface area contributed by atoms with E-state index in [4.69, 9.17) is 34.3 Å². The van der Waals surface area contributed by atoms with Crippen LogP contribution in [-0.4, -0.2) is 79.5 Å². The molecule has 0 aromatic heterocycles. The second kappa shape index (κ2) is 22.7. The summed E-state index contributed by atoms with van der Waals surface area (Å²) in [4.78, 5) is 43.3. The summed E-state index contributed by atoms with van der Waals surface area (Å²) >= 11 is 3.72. The number of methoxy groups -OCH3 is 4. The Morgan fingerprint density at radius 2 is 0.912 bits per heavy atom. The molecule has 2 heterocycles. The molecule has 13 heteroatoms. The van der Waals surface area contributed by atoms with Crippen LogP contribution in [-0.2, 0) is 25.2 Å². The first-order chi connectivity index (χ1) is 32.7. The molecule has 2 aliphatic rings. The van der Waals surface area contributed by atoms with E-state index in [0.717, 1.165) is 52.4 Å². The van der Waals surface area contributed by atoms with Crippen LogP contribution in [0, 0.1) is 0 Å². The van der Waals surface area contributed by atoms with Gasteiger partial charge in [-0.15, -0.1) is 23.5 Å². The summed E-state index contributed by atoms with van der Waals surface area (Å²) in [6.45, 7) is 4.64. The van der Waals surface area contributed by atoms with Gasteiger partial charge < -0.3 is 34.3 Å². The van der Waals surface area contributed by atoms with Crippen molar-refractivity contribution in [2.24, 2.45) is 0 Å². The highest BCUT2D eigenvalue weighted by molar-refractivity contribution is 7.99. The maximum atomic E-state index is 11.1. The van der Waals surface area contributed by atoms with Gasteiger partial charge in [0.25, 0.3) is 0 Å². The largest absolute Gasteiger partial charge is 0.497 e. The van der Waals surface area contributed by atoms with Crippen LogP contribution in [0.4, 0.5) is 0 Å². The lowest BCUT2D eigenvalue weighted by molar-refractivity contribution is -0.147. The third-order valence-corrected chi connectivity index (χ3v) is 15.1. The Morgan fingerprint density at radius 3 is 1.24 bits per heavy atom. The number of carbonyl (C=O) groups excluding carboxylic acids is 1. The van der Waals surface area contributed by atoms with E-state index in [-0.39, 0.29) is 22.7 Å². The fourth-order valence-corrected chi connectivity index (χ4v) is 11.4. The number of hydrogen-bond acceptors (Lipinski definition) is 10. The van der Waals surface area contributed by atoms with Gasteiger partial charge in [-0.1, -0.05) is 98.8 Å². The minimum atomic E-state index is -1.31. The summed E-state index contributed by atoms with van der Waals surface area (Å²) in [7, 11) is 6.76. The minimum absolute atomic E-state index is 0.110. The third-order valence-electron chi connectivity index (χ3n) is 12.3. The maximum Gasteiger partial charge on any atom is 0.328 e. The predicted molar refractivity (Wildman–Crippen MR) is 267 cm³/mol. The Balaban J connectivity index is 0.000000197. The van der Waals surface area contributed by atoms with Gasteiger partial charge in [0, 0.05) is 55.6 Å². The van der Waals surface area contributed by atoms with Crippen LogP contribution in [0.3, 0.4) is 0 Å². The summed E-state index contributed by atoms with van der Waals surface area (Å²) < 4.78 is 21.6. The van der Waals surface area contributed by atoms with Gasteiger partial charge in [-0.05, 0) is 93.6 Å². The molecule has 6 aromatic rings. The van der Waals surface area contributed by atoms with E-state index in [0.29, 0.717) is 5.56 Å². The van der Waals surface area contributed by atoms with Crippen LogP contribution in [0.5, 0.6) is 23.0 Å². The van der Waals surface area contributed by atoms with E-state index in [1.54, 1.807) is 34.5 Å². The zero-order chi connectivity index (χ0) is 49.0. The van der Waals surface area contributed by atoms with Crippen molar-refractivity contribution >= 4 is 53.8 Å². The number of ether oxygens (including phenoxy) is 4. The molecule has 4 atom stereocenters. The van der Waals surface area contributed by atoms with E-state index in [1.807, 2.05) is 84.2 Å². The average molecular weight is 955 g/mol. The van der Waals surface area contributed by atoms with E-state index in [9.17, 15) is 19.2 Å². The summed E-state index contributed by atoms with van der Waals surface area (Å²) in [5, 5.41) is 24.3. The number of fused-ring (bicyclic) bond motifs is 2. The van der Waals surface area contributed by atoms with Crippen LogP contribution in [0.1, 0.15) is 81.4 Å². The second-order valence-electron chi connectivity index (χ2n) is 16.6. The molecule has 0 aliphatic carbocycles. The smallest absolute Gasteiger partial charge is 0.328 e. The normalized spacial score (nSPS) is 19.0. The van der Waals surface area contributed by atoms with Crippen LogP contribution in [0.15, 0.2) is 149 Å². The van der Waals surface area contributed by atoms with Crippen molar-refractivity contribution in [2.75, 3.05) is 39.9 Å². The Kier molecular flexibility index (Phi) is 16.8. The van der Waals surface area contributed by atoms with Gasteiger partial charge >= 0.3 is 17.9 Å². The number of thioether (sulfide) groups is 2. The number of rotatable bonds is 13. The van der Waals surface area contributed by atoms with Crippen molar-refractivity contribution in [3.63, 3.8) is 0 Å². The molecule has 11 nitrogen and oxygen atoms in total. The summed E-state index contributed by atoms with van der Waals surface area (Å²) in [6, 6.07) is 45.6. The first kappa shape index (κ1) is 50.5. The zero-order valence-corrected chi connectivity index (χ0v) is 40.3. The first-order valence-corrected chi connectivity index (χ1v) is 23.5. The van der Waals surface area contributed by atoms with Crippen LogP contribution in [0.25, 0.3) is 6.08 Å². The molecule has 0 radical (unpaired) electrons. The molecule has 8 rings (SSSR count). The summed E-state index contributed by atoms with van der Waals surface area (Å²) in [6.07, 6.45) is 2.86. The molecule has 352 valence electrons. The Hall–Kier alpha value is -6.96. The Morgan fingerprint density at radius 1 is 0.544 bits per heavy atom. The van der Waals surface area contributed by atoms with E-state index in [2.05, 4.69) is 86.6 Å². The molecule has 0 saturated carbocycles. The van der Waals surface area contributed by atoms with Gasteiger partial charge in [0.05, 0.1) is 28.4 Å². The SMILES string of the molecule is COc1ccc([C@@]2(C)CSc3cc(OC)ccc3[C@H]2c2ccc(/C=C/C(=O)O)cc2)cc1.COc1ccc([C@@]2(C)CSc3cc(OC)ccc3[C@H]2c2ccc(C=O)cc2)cc1.O=C(O)CC(=O)O. The van der Waals surface area contributed by atoms with Gasteiger partial charge in [-0.25, -0.2) is 4.79 Å². The highest BCUT2D eigenvalue weighted by Crippen LogP contribution is 2.55. The van der Waals surface area contributed by atoms with Crippen LogP contribution >= 0.6 is 23.5 Å². The quantitative estimate of drug-likeness (QED) is 0.0569. The zero-order valence-electron chi connectivity index (χ0n) is 38.6. The van der Waals surface area contributed by atoms with Crippen LogP contribution < -0.4 is 18.9 Å². The van der Waals surface area contributed by atoms with Gasteiger partial charge in [0.2, 0.25) is 0 Å². The van der Waals surface area contributed by atoms with Gasteiger partial charge in [0.1, 0.15) is 35.7 Å². The Bertz CT molecular complexity index is 2720. The molecule has 0 saturated heterocycles. The number of benzene rings is 6. The summed E-state index contributed by atoms with van der Waals surface area (Å²) in [5.41, 5.74) is 8.81. The third kappa shape index (κ3) is 11.8. The lowest BCUT2D eigenvalue weighted by atomic mass is 9.67. The lowest BCUT2D eigenvalue weighted by Gasteiger charge is -2.43. The molecule has 0 bridgehead atoms. The van der Waals surface area contributed by atoms with Gasteiger partial charge in [0.15, 0.2) is 0 Å². The molecule has 2 aliphatic heterocycles. The molecule has 0 fully saturated rings. The highest BCUT2D eigenvalue weighted by atomic mass is 32.2. The van der Waals surface area contributed by atoms with E-state index < -0.39 is 24.3 Å². The van der Waals surface area contributed by atoms with Crippen molar-refractivity contribution in [1.29, 1.82) is 0 Å². The van der Waals surface area contributed by atoms with Crippen LogP contribution in [0.2, 0.25) is 0 Å². The topological polar surface area (TPSA) is 166 Å². The van der Waals surface area contributed by atoms with Crippen molar-refractivity contribution in [1.82, 2.24) is 0 Å². The number of aliphatic carboxylic acids is 3. The highest BCUT2D eigenvalue weighted by Gasteiger charge is 2.44. The number of hydrogen-bond donors (Lipinski definition) is 3. The molecular formula is C55H54O11S2. The predicted octanol–water partition coefficient (Wildman–Crippen LogP) is 11.3. The van der Waals surface area contributed by atoms with Crippen molar-refractivity contribution < 1.29 is 53.4 Å². The molecule has 6 aromatic carbocycles. The second-order valence-corrected chi connectivity index (χ2v) is 18.7. The van der Waals surface area contributed by atoms with Crippen molar-refractivity contribution in [2.45, 2.75) is 52.7 Å². The van der Waals surface area contributed by atoms with Crippen molar-refractivity contribution in [3.05, 3.63) is 184 Å². The fraction of sp³-hybridized carbons (Fsp3) is 0.236. The summed E-state index contributed by atoms with van der Waals surface area (Å²) in [5.74, 6) is 2.03. The average Bonchev–Trinajstić information content (AvgIpc) is 3.35.